The van der Waals surface area contributed by atoms with Crippen molar-refractivity contribution in [2.24, 2.45) is 0 Å². The Bertz CT molecular complexity index is 1660. The molecule has 0 spiro atoms. The molecule has 2 aliphatic rings. The molecule has 0 saturated carbocycles. The quantitative estimate of drug-likeness (QED) is 0.209. The van der Waals surface area contributed by atoms with Crippen molar-refractivity contribution in [3.8, 4) is 11.1 Å². The number of piperidine rings is 1. The maximum absolute atomic E-state index is 14.7. The van der Waals surface area contributed by atoms with Gasteiger partial charge in [-0.25, -0.2) is 18.7 Å². The van der Waals surface area contributed by atoms with Gasteiger partial charge in [0.15, 0.2) is 5.82 Å². The molecule has 238 valence electrons. The second-order valence-electron chi connectivity index (χ2n) is 11.2. The van der Waals surface area contributed by atoms with Crippen LogP contribution in [0.4, 0.5) is 20.4 Å². The molecule has 11 heteroatoms. The number of anilines is 2. The number of hydrogen-bond donors (Lipinski definition) is 3. The minimum Gasteiger partial charge on any atom is -0.388 e. The zero-order chi connectivity index (χ0) is 32.5. The van der Waals surface area contributed by atoms with Gasteiger partial charge in [-0.2, -0.15) is 9.59 Å². The Hall–Kier alpha value is -3.95. The summed E-state index contributed by atoms with van der Waals surface area (Å²) in [6.45, 7) is 7.58. The number of halogens is 3. The molecule has 45 heavy (non-hydrogen) atoms. The number of aryl methyl sites for hydroxylation is 1. The van der Waals surface area contributed by atoms with Crippen molar-refractivity contribution in [1.82, 2.24) is 14.9 Å². The minimum atomic E-state index is -0.606. The van der Waals surface area contributed by atoms with E-state index in [9.17, 15) is 13.9 Å². The largest absolute Gasteiger partial charge is 0.388 e. The van der Waals surface area contributed by atoms with E-state index >= 15 is 0 Å². The molecule has 4 aromatic rings. The molecule has 1 fully saturated rings. The smallest absolute Gasteiger partial charge is 0.373 e. The summed E-state index contributed by atoms with van der Waals surface area (Å²) >= 11 is 5.88. The van der Waals surface area contributed by atoms with Gasteiger partial charge in [0.05, 0.1) is 22.9 Å². The molecule has 6 rings (SSSR count). The fourth-order valence-corrected chi connectivity index (χ4v) is 6.22. The third-order valence-corrected chi connectivity index (χ3v) is 8.41. The van der Waals surface area contributed by atoms with Crippen LogP contribution in [0.5, 0.6) is 0 Å². The first-order chi connectivity index (χ1) is 21.7. The van der Waals surface area contributed by atoms with Crippen LogP contribution >= 0.6 is 11.6 Å². The van der Waals surface area contributed by atoms with Crippen LogP contribution in [0.1, 0.15) is 55.4 Å². The van der Waals surface area contributed by atoms with Crippen LogP contribution in [0.3, 0.4) is 0 Å². The summed E-state index contributed by atoms with van der Waals surface area (Å²) in [4.78, 5) is 27.8. The zero-order valence-corrected chi connectivity index (χ0v) is 26.4. The van der Waals surface area contributed by atoms with Gasteiger partial charge in [-0.1, -0.05) is 24.6 Å². The molecule has 8 nitrogen and oxygen atoms in total. The van der Waals surface area contributed by atoms with E-state index in [0.717, 1.165) is 66.8 Å². The van der Waals surface area contributed by atoms with Crippen LogP contribution in [-0.4, -0.2) is 58.8 Å². The van der Waals surface area contributed by atoms with Crippen LogP contribution < -0.4 is 10.6 Å². The second-order valence-corrected chi connectivity index (χ2v) is 11.6. The lowest BCUT2D eigenvalue weighted by Gasteiger charge is -2.32. The molecular weight excluding hydrogens is 600 g/mol. The molecule has 1 aromatic heterocycles. The number of nitrogens with one attached hydrogen (secondary N) is 2. The van der Waals surface area contributed by atoms with Crippen molar-refractivity contribution >= 4 is 40.3 Å². The Morgan fingerprint density at radius 3 is 2.51 bits per heavy atom. The Balaban J connectivity index is 0.000000254. The third kappa shape index (κ3) is 8.41. The van der Waals surface area contributed by atoms with Crippen molar-refractivity contribution in [3.63, 3.8) is 0 Å². The average molecular weight is 638 g/mol. The number of aliphatic hydroxyl groups is 1. The summed E-state index contributed by atoms with van der Waals surface area (Å²) < 4.78 is 29.0. The topological polar surface area (TPSA) is 107 Å². The van der Waals surface area contributed by atoms with E-state index in [1.165, 1.54) is 29.7 Å². The van der Waals surface area contributed by atoms with Crippen molar-refractivity contribution in [1.29, 1.82) is 0 Å². The molecule has 0 amide bonds. The van der Waals surface area contributed by atoms with E-state index in [2.05, 4.69) is 32.4 Å². The van der Waals surface area contributed by atoms with Gasteiger partial charge < -0.3 is 20.6 Å². The SMILES string of the molecule is CCCN1CCC(Nc2ncc3cc(-c4c(F)ccc(NC)c4F)ccc3n2)CC1.Cc1cc(Cl)cc2c1CCC2O.O=C=O. The predicted molar refractivity (Wildman–Crippen MR) is 172 cm³/mol. The van der Waals surface area contributed by atoms with Crippen molar-refractivity contribution in [2.75, 3.05) is 37.3 Å². The molecule has 1 unspecified atom stereocenters. The molecule has 1 saturated heterocycles. The van der Waals surface area contributed by atoms with Crippen LogP contribution in [0, 0.1) is 18.6 Å². The van der Waals surface area contributed by atoms with E-state index in [-0.39, 0.29) is 23.5 Å². The number of nitrogens with zero attached hydrogens (tertiary/aromatic N) is 3. The Labute approximate surface area is 266 Å². The van der Waals surface area contributed by atoms with Crippen LogP contribution in [0.15, 0.2) is 48.7 Å². The van der Waals surface area contributed by atoms with Gasteiger partial charge in [0.25, 0.3) is 0 Å². The third-order valence-electron chi connectivity index (χ3n) is 8.19. The first-order valence-corrected chi connectivity index (χ1v) is 15.4. The van der Waals surface area contributed by atoms with E-state index < -0.39 is 11.6 Å². The molecule has 3 aromatic carbocycles. The highest BCUT2D eigenvalue weighted by Crippen LogP contribution is 2.35. The molecule has 0 radical (unpaired) electrons. The van der Waals surface area contributed by atoms with Crippen molar-refractivity contribution in [2.45, 2.75) is 58.1 Å². The van der Waals surface area contributed by atoms with Crippen LogP contribution in [0.25, 0.3) is 22.0 Å². The first kappa shape index (κ1) is 33.9. The van der Waals surface area contributed by atoms with Crippen molar-refractivity contribution in [3.05, 3.63) is 82.0 Å². The molecule has 1 aliphatic carbocycles. The number of rotatable bonds is 6. The maximum Gasteiger partial charge on any atom is 0.373 e. The van der Waals surface area contributed by atoms with Gasteiger partial charge in [-0.15, -0.1) is 0 Å². The fourth-order valence-electron chi connectivity index (χ4n) is 5.94. The summed E-state index contributed by atoms with van der Waals surface area (Å²) in [5.74, 6) is -0.608. The molecule has 1 aliphatic heterocycles. The van der Waals surface area contributed by atoms with Gasteiger partial charge in [-0.05, 0) is 104 Å². The number of aliphatic hydroxyl groups excluding tert-OH is 1. The molecule has 0 bridgehead atoms. The second kappa shape index (κ2) is 15.9. The molecule has 1 atom stereocenters. The standard InChI is InChI=1S/C23H27F2N5.C10H11ClO.CO2/c1-3-10-30-11-8-17(9-12-30)28-23-27-14-16-13-15(4-6-19(16)29-23)21-18(24)5-7-20(26-2)22(21)25;1-6-4-7(11)5-9-8(6)2-3-10(9)12;2-1-3/h4-7,13-14,17,26H,3,8-12H2,1-2H3,(H,27,28,29);4-5,10,12H,2-3H2,1H3;. The molecule has 3 N–H and O–H groups in total. The number of aromatic nitrogens is 2. The number of hydrogen-bond acceptors (Lipinski definition) is 8. The number of fused-ring (bicyclic) bond motifs is 2. The summed E-state index contributed by atoms with van der Waals surface area (Å²) in [5.41, 5.74) is 4.92. The summed E-state index contributed by atoms with van der Waals surface area (Å²) in [7, 11) is 1.61. The number of likely N-dealkylation sites (tertiary alicyclic amines) is 1. The summed E-state index contributed by atoms with van der Waals surface area (Å²) in [6.07, 6.45) is 6.81. The van der Waals surface area contributed by atoms with E-state index in [1.54, 1.807) is 31.4 Å². The van der Waals surface area contributed by atoms with Gasteiger partial charge >= 0.3 is 6.15 Å². The van der Waals surface area contributed by atoms with Crippen LogP contribution in [-0.2, 0) is 16.0 Å². The monoisotopic (exact) mass is 637 g/mol. The summed E-state index contributed by atoms with van der Waals surface area (Å²) in [6, 6.07) is 12.1. The highest BCUT2D eigenvalue weighted by molar-refractivity contribution is 6.30. The first-order valence-electron chi connectivity index (χ1n) is 15.1. The van der Waals surface area contributed by atoms with E-state index in [1.807, 2.05) is 19.1 Å². The molecule has 2 heterocycles. The van der Waals surface area contributed by atoms with Gasteiger partial charge in [0, 0.05) is 42.8 Å². The lowest BCUT2D eigenvalue weighted by Crippen LogP contribution is -2.39. The Kier molecular flexibility index (Phi) is 12.0. The van der Waals surface area contributed by atoms with Crippen LogP contribution in [0.2, 0.25) is 5.02 Å². The van der Waals surface area contributed by atoms with Gasteiger partial charge in [0.1, 0.15) is 5.82 Å². The Morgan fingerprint density at radius 2 is 1.82 bits per heavy atom. The summed E-state index contributed by atoms with van der Waals surface area (Å²) in [5, 5.41) is 17.2. The normalized spacial score (nSPS) is 16.1. The minimum absolute atomic E-state index is 0.0511. The zero-order valence-electron chi connectivity index (χ0n) is 25.7. The highest BCUT2D eigenvalue weighted by Gasteiger charge is 2.22. The lowest BCUT2D eigenvalue weighted by atomic mass is 10.0. The number of carbonyl (C=O) groups excluding carboxylic acids is 2. The maximum atomic E-state index is 14.7. The number of benzene rings is 3. The Morgan fingerprint density at radius 1 is 1.09 bits per heavy atom. The van der Waals surface area contributed by atoms with E-state index in [4.69, 9.17) is 21.2 Å². The van der Waals surface area contributed by atoms with E-state index in [0.29, 0.717) is 17.6 Å². The highest BCUT2D eigenvalue weighted by atomic mass is 35.5. The lowest BCUT2D eigenvalue weighted by molar-refractivity contribution is -0.191. The molecular formula is C34H38ClF2N5O3. The van der Waals surface area contributed by atoms with Crippen molar-refractivity contribution < 1.29 is 23.5 Å². The fraction of sp³-hybridized carbons (Fsp3) is 0.382. The predicted octanol–water partition coefficient (Wildman–Crippen LogP) is 6.95. The van der Waals surface area contributed by atoms with Gasteiger partial charge in [-0.3, -0.25) is 0 Å². The average Bonchev–Trinajstić information content (AvgIpc) is 3.39. The van der Waals surface area contributed by atoms with Gasteiger partial charge in [0.2, 0.25) is 5.95 Å².